The molecule has 0 spiro atoms. The molecule has 2 N–H and O–H groups in total. The minimum absolute atomic E-state index is 0.0675. The largest absolute Gasteiger partial charge is 0.508 e. The standard InChI is InChI=1S/C16H14N2O2/c1-9-6-10(2)17-16-15(9)14(20)8-13(18-16)11-4-3-5-12(19)7-11/h3-8,19H,1-2H3,(H,17,18,20). The Kier molecular flexibility index (Phi) is 2.79. The van der Waals surface area contributed by atoms with Gasteiger partial charge in [0.05, 0.1) is 11.1 Å². The Morgan fingerprint density at radius 2 is 1.95 bits per heavy atom. The number of rotatable bonds is 1. The van der Waals surface area contributed by atoms with Gasteiger partial charge in [-0.15, -0.1) is 0 Å². The van der Waals surface area contributed by atoms with Crippen LogP contribution in [0.2, 0.25) is 0 Å². The number of nitrogens with zero attached hydrogens (tertiary/aromatic N) is 1. The molecule has 0 fully saturated rings. The van der Waals surface area contributed by atoms with E-state index in [1.165, 1.54) is 0 Å². The molecule has 1 aromatic carbocycles. The molecule has 4 nitrogen and oxygen atoms in total. The Hall–Kier alpha value is -2.62. The molecule has 0 unspecified atom stereocenters. The summed E-state index contributed by atoms with van der Waals surface area (Å²) in [6, 6.07) is 10.2. The number of nitrogens with one attached hydrogen (secondary N) is 1. The van der Waals surface area contributed by atoms with Crippen LogP contribution in [0.15, 0.2) is 41.2 Å². The zero-order chi connectivity index (χ0) is 14.3. The first-order valence-corrected chi connectivity index (χ1v) is 6.35. The van der Waals surface area contributed by atoms with Crippen LogP contribution < -0.4 is 5.43 Å². The highest BCUT2D eigenvalue weighted by Gasteiger charge is 2.08. The van der Waals surface area contributed by atoms with Crippen LogP contribution in [-0.4, -0.2) is 15.1 Å². The third-order valence-electron chi connectivity index (χ3n) is 3.28. The molecule has 0 aliphatic heterocycles. The maximum atomic E-state index is 12.3. The molecule has 0 radical (unpaired) electrons. The van der Waals surface area contributed by atoms with Gasteiger partial charge in [0.25, 0.3) is 0 Å². The van der Waals surface area contributed by atoms with E-state index in [2.05, 4.69) is 9.97 Å². The molecular formula is C16H14N2O2. The van der Waals surface area contributed by atoms with Crippen molar-refractivity contribution in [1.29, 1.82) is 0 Å². The van der Waals surface area contributed by atoms with E-state index in [1.54, 1.807) is 24.3 Å². The molecule has 2 heterocycles. The van der Waals surface area contributed by atoms with Crippen molar-refractivity contribution in [3.8, 4) is 17.0 Å². The number of hydrogen-bond donors (Lipinski definition) is 2. The van der Waals surface area contributed by atoms with Gasteiger partial charge in [0.15, 0.2) is 5.43 Å². The number of aryl methyl sites for hydroxylation is 2. The number of phenolic OH excluding ortho intramolecular Hbond substituents is 1. The van der Waals surface area contributed by atoms with Gasteiger partial charge in [0, 0.05) is 17.3 Å². The number of benzene rings is 1. The van der Waals surface area contributed by atoms with Gasteiger partial charge in [-0.2, -0.15) is 0 Å². The summed E-state index contributed by atoms with van der Waals surface area (Å²) >= 11 is 0. The van der Waals surface area contributed by atoms with Gasteiger partial charge >= 0.3 is 0 Å². The molecule has 20 heavy (non-hydrogen) atoms. The topological polar surface area (TPSA) is 66.0 Å². The van der Waals surface area contributed by atoms with Gasteiger partial charge in [0.2, 0.25) is 0 Å². The average molecular weight is 266 g/mol. The van der Waals surface area contributed by atoms with Gasteiger partial charge in [-0.3, -0.25) is 4.79 Å². The number of pyridine rings is 2. The Balaban J connectivity index is 2.32. The van der Waals surface area contributed by atoms with Crippen molar-refractivity contribution in [2.45, 2.75) is 13.8 Å². The molecule has 0 atom stereocenters. The summed E-state index contributed by atoms with van der Waals surface area (Å²) in [5.41, 5.74) is 3.69. The monoisotopic (exact) mass is 266 g/mol. The lowest BCUT2D eigenvalue weighted by molar-refractivity contribution is 0.475. The van der Waals surface area contributed by atoms with E-state index in [4.69, 9.17) is 0 Å². The number of aromatic hydroxyl groups is 1. The predicted molar refractivity (Wildman–Crippen MR) is 78.9 cm³/mol. The maximum Gasteiger partial charge on any atom is 0.191 e. The molecule has 0 saturated carbocycles. The van der Waals surface area contributed by atoms with Crippen LogP contribution in [0.25, 0.3) is 22.3 Å². The van der Waals surface area contributed by atoms with Gasteiger partial charge < -0.3 is 10.1 Å². The summed E-state index contributed by atoms with van der Waals surface area (Å²) in [4.78, 5) is 19.8. The maximum absolute atomic E-state index is 12.3. The van der Waals surface area contributed by atoms with Crippen LogP contribution in [0.1, 0.15) is 11.3 Å². The fraction of sp³-hybridized carbons (Fsp3) is 0.125. The van der Waals surface area contributed by atoms with E-state index >= 15 is 0 Å². The van der Waals surface area contributed by atoms with Gasteiger partial charge in [-0.1, -0.05) is 12.1 Å². The minimum Gasteiger partial charge on any atom is -0.508 e. The number of H-pyrrole nitrogens is 1. The zero-order valence-corrected chi connectivity index (χ0v) is 11.3. The fourth-order valence-corrected chi connectivity index (χ4v) is 2.43. The lowest BCUT2D eigenvalue weighted by Gasteiger charge is -2.07. The van der Waals surface area contributed by atoms with E-state index in [-0.39, 0.29) is 11.2 Å². The third kappa shape index (κ3) is 2.05. The molecule has 0 amide bonds. The van der Waals surface area contributed by atoms with E-state index in [9.17, 15) is 9.90 Å². The van der Waals surface area contributed by atoms with Crippen LogP contribution >= 0.6 is 0 Å². The first-order valence-electron chi connectivity index (χ1n) is 6.35. The van der Waals surface area contributed by atoms with E-state index in [0.717, 1.165) is 16.8 Å². The summed E-state index contributed by atoms with van der Waals surface area (Å²) < 4.78 is 0. The van der Waals surface area contributed by atoms with Crippen molar-refractivity contribution in [2.75, 3.05) is 0 Å². The second-order valence-electron chi connectivity index (χ2n) is 4.90. The SMILES string of the molecule is Cc1cc(C)c2c(=O)cc(-c3cccc(O)c3)[nH]c2n1. The molecule has 0 saturated heterocycles. The number of hydrogen-bond acceptors (Lipinski definition) is 3. The lowest BCUT2D eigenvalue weighted by atomic mass is 10.1. The Morgan fingerprint density at radius 3 is 2.70 bits per heavy atom. The van der Waals surface area contributed by atoms with Crippen molar-refractivity contribution in [3.63, 3.8) is 0 Å². The van der Waals surface area contributed by atoms with Crippen LogP contribution in [0, 0.1) is 13.8 Å². The smallest absolute Gasteiger partial charge is 0.191 e. The lowest BCUT2D eigenvalue weighted by Crippen LogP contribution is -2.06. The van der Waals surface area contributed by atoms with E-state index in [1.807, 2.05) is 26.0 Å². The van der Waals surface area contributed by atoms with Crippen LogP contribution in [0.4, 0.5) is 0 Å². The second-order valence-corrected chi connectivity index (χ2v) is 4.90. The van der Waals surface area contributed by atoms with Crippen molar-refractivity contribution in [1.82, 2.24) is 9.97 Å². The third-order valence-corrected chi connectivity index (χ3v) is 3.28. The highest BCUT2D eigenvalue weighted by Crippen LogP contribution is 2.22. The summed E-state index contributed by atoms with van der Waals surface area (Å²) in [7, 11) is 0. The Labute approximate surface area is 115 Å². The predicted octanol–water partition coefficient (Wildman–Crippen LogP) is 2.91. The number of aromatic amines is 1. The highest BCUT2D eigenvalue weighted by atomic mass is 16.3. The zero-order valence-electron chi connectivity index (χ0n) is 11.3. The first-order chi connectivity index (χ1) is 9.54. The molecule has 0 aliphatic rings. The normalized spacial score (nSPS) is 10.9. The van der Waals surface area contributed by atoms with Gasteiger partial charge in [-0.05, 0) is 37.6 Å². The molecule has 4 heteroatoms. The number of aromatic nitrogens is 2. The number of phenols is 1. The summed E-state index contributed by atoms with van der Waals surface area (Å²) in [5, 5.41) is 10.1. The number of fused-ring (bicyclic) bond motifs is 1. The quantitative estimate of drug-likeness (QED) is 0.711. The summed E-state index contributed by atoms with van der Waals surface area (Å²) in [6.07, 6.45) is 0. The Bertz CT molecular complexity index is 866. The molecular weight excluding hydrogens is 252 g/mol. The average Bonchev–Trinajstić information content (AvgIpc) is 2.37. The molecule has 2 aromatic heterocycles. The van der Waals surface area contributed by atoms with Crippen molar-refractivity contribution >= 4 is 11.0 Å². The van der Waals surface area contributed by atoms with Gasteiger partial charge in [0.1, 0.15) is 11.4 Å². The van der Waals surface area contributed by atoms with Crippen molar-refractivity contribution in [3.05, 3.63) is 57.9 Å². The molecule has 0 bridgehead atoms. The van der Waals surface area contributed by atoms with E-state index < -0.39 is 0 Å². The van der Waals surface area contributed by atoms with Crippen molar-refractivity contribution < 1.29 is 5.11 Å². The fourth-order valence-electron chi connectivity index (χ4n) is 2.43. The van der Waals surface area contributed by atoms with Crippen LogP contribution in [0.3, 0.4) is 0 Å². The highest BCUT2D eigenvalue weighted by molar-refractivity contribution is 5.81. The van der Waals surface area contributed by atoms with Crippen LogP contribution in [-0.2, 0) is 0 Å². The molecule has 0 aliphatic carbocycles. The summed E-state index contributed by atoms with van der Waals surface area (Å²) in [6.45, 7) is 3.80. The first kappa shape index (κ1) is 12.4. The molecule has 100 valence electrons. The van der Waals surface area contributed by atoms with E-state index in [0.29, 0.717) is 16.7 Å². The minimum atomic E-state index is -0.0675. The van der Waals surface area contributed by atoms with Crippen molar-refractivity contribution in [2.24, 2.45) is 0 Å². The second kappa shape index (κ2) is 4.49. The Morgan fingerprint density at radius 1 is 1.15 bits per heavy atom. The van der Waals surface area contributed by atoms with Crippen LogP contribution in [0.5, 0.6) is 5.75 Å². The molecule has 3 aromatic rings. The summed E-state index contributed by atoms with van der Waals surface area (Å²) in [5.74, 6) is 0.164. The molecule has 3 rings (SSSR count). The van der Waals surface area contributed by atoms with Gasteiger partial charge in [-0.25, -0.2) is 4.98 Å².